The quantitative estimate of drug-likeness (QED) is 0.245. The first-order valence-corrected chi connectivity index (χ1v) is 15.5. The number of nitrogens with one attached hydrogen (secondary N) is 1. The topological polar surface area (TPSA) is 152 Å². The van der Waals surface area contributed by atoms with Crippen molar-refractivity contribution >= 4 is 21.1 Å². The zero-order valence-corrected chi connectivity index (χ0v) is 24.8. The maximum absolute atomic E-state index is 14.0. The summed E-state index contributed by atoms with van der Waals surface area (Å²) < 4.78 is 47.5. The fourth-order valence-electron chi connectivity index (χ4n) is 4.83. The number of nitrogens with zero attached hydrogens (tertiary/aromatic N) is 5. The molecule has 1 aliphatic heterocycles. The van der Waals surface area contributed by atoms with E-state index in [0.29, 0.717) is 60.8 Å². The van der Waals surface area contributed by atoms with Gasteiger partial charge in [0.1, 0.15) is 17.1 Å². The predicted octanol–water partition coefficient (Wildman–Crippen LogP) is 1.01. The molecule has 1 aliphatic rings. The van der Waals surface area contributed by atoms with Gasteiger partial charge < -0.3 is 24.3 Å². The van der Waals surface area contributed by atoms with Gasteiger partial charge in [0.15, 0.2) is 5.52 Å². The number of morpholine rings is 1. The summed E-state index contributed by atoms with van der Waals surface area (Å²) >= 11 is 0. The van der Waals surface area contributed by atoms with Crippen molar-refractivity contribution in [3.8, 4) is 17.1 Å². The second kappa shape index (κ2) is 14.3. The number of aliphatic hydroxyl groups excluding tert-OH is 1. The minimum Gasteiger partial charge on any atom is -0.493 e. The van der Waals surface area contributed by atoms with E-state index in [4.69, 9.17) is 24.3 Å². The van der Waals surface area contributed by atoms with Crippen molar-refractivity contribution in [2.24, 2.45) is 7.05 Å². The minimum atomic E-state index is -3.98. The van der Waals surface area contributed by atoms with Gasteiger partial charge in [-0.05, 0) is 31.5 Å². The van der Waals surface area contributed by atoms with Crippen molar-refractivity contribution in [2.45, 2.75) is 31.6 Å². The Bertz CT molecular complexity index is 1470. The van der Waals surface area contributed by atoms with Crippen molar-refractivity contribution in [1.82, 2.24) is 29.0 Å². The molecule has 0 amide bonds. The normalized spacial score (nSPS) is 14.8. The van der Waals surface area contributed by atoms with Crippen LogP contribution in [0, 0.1) is 0 Å². The Kier molecular flexibility index (Phi) is 10.9. The first-order valence-electron chi connectivity index (χ1n) is 14.0. The van der Waals surface area contributed by atoms with Gasteiger partial charge in [-0.1, -0.05) is 13.3 Å². The number of ether oxygens (including phenoxy) is 3. The Morgan fingerprint density at radius 1 is 1.17 bits per heavy atom. The summed E-state index contributed by atoms with van der Waals surface area (Å²) in [6, 6.07) is 4.59. The molecule has 4 rings (SSSR count). The standard InChI is InChI=1S/C27H40N6O7S/c1-4-6-22-24-25(31(3)30-22)27(35)29-26(28-24)21-19-20(7-8-23(21)40-5-2)41(36,37)33(13-17-39-18-14-34)10-9-32-11-15-38-16-12-32/h7-8,19,34H,4-6,9-18H2,1-3H3,(H,28,29,35). The average molecular weight is 593 g/mol. The highest BCUT2D eigenvalue weighted by molar-refractivity contribution is 7.89. The molecule has 3 aromatic rings. The third kappa shape index (κ3) is 7.31. The van der Waals surface area contributed by atoms with Crippen LogP contribution in [0.5, 0.6) is 5.75 Å². The molecule has 14 heteroatoms. The number of aliphatic hydroxyl groups is 1. The molecule has 0 unspecified atom stereocenters. The second-order valence-corrected chi connectivity index (χ2v) is 11.7. The molecular formula is C27H40N6O7S. The van der Waals surface area contributed by atoms with Crippen LogP contribution in [0.3, 0.4) is 0 Å². The maximum atomic E-state index is 14.0. The molecule has 1 aromatic carbocycles. The molecule has 1 fully saturated rings. The number of fused-ring (bicyclic) bond motifs is 1. The van der Waals surface area contributed by atoms with E-state index in [1.807, 2.05) is 13.8 Å². The van der Waals surface area contributed by atoms with Gasteiger partial charge in [-0.25, -0.2) is 13.4 Å². The number of sulfonamides is 1. The molecule has 0 atom stereocenters. The second-order valence-electron chi connectivity index (χ2n) is 9.72. The molecule has 3 heterocycles. The molecule has 41 heavy (non-hydrogen) atoms. The van der Waals surface area contributed by atoms with Gasteiger partial charge in [-0.15, -0.1) is 0 Å². The monoisotopic (exact) mass is 592 g/mol. The van der Waals surface area contributed by atoms with E-state index in [0.717, 1.165) is 19.5 Å². The fourth-order valence-corrected chi connectivity index (χ4v) is 6.27. The Labute approximate surface area is 240 Å². The van der Waals surface area contributed by atoms with Crippen molar-refractivity contribution in [1.29, 1.82) is 0 Å². The molecule has 0 aliphatic carbocycles. The molecule has 2 N–H and O–H groups in total. The van der Waals surface area contributed by atoms with Crippen LogP contribution < -0.4 is 10.3 Å². The lowest BCUT2D eigenvalue weighted by Crippen LogP contribution is -2.44. The number of benzene rings is 1. The van der Waals surface area contributed by atoms with Gasteiger partial charge >= 0.3 is 0 Å². The van der Waals surface area contributed by atoms with E-state index < -0.39 is 10.0 Å². The number of aryl methyl sites for hydroxylation is 2. The summed E-state index contributed by atoms with van der Waals surface area (Å²) in [7, 11) is -2.27. The van der Waals surface area contributed by atoms with Crippen molar-refractivity contribution in [2.75, 3.05) is 72.4 Å². The summed E-state index contributed by atoms with van der Waals surface area (Å²) in [6.07, 6.45) is 1.48. The van der Waals surface area contributed by atoms with E-state index >= 15 is 0 Å². The molecule has 226 valence electrons. The van der Waals surface area contributed by atoms with Crippen molar-refractivity contribution < 1.29 is 27.7 Å². The van der Waals surface area contributed by atoms with Gasteiger partial charge in [-0.2, -0.15) is 9.40 Å². The van der Waals surface area contributed by atoms with Gasteiger partial charge in [0.2, 0.25) is 10.0 Å². The van der Waals surface area contributed by atoms with Crippen LogP contribution in [-0.4, -0.2) is 115 Å². The van der Waals surface area contributed by atoms with Crippen LogP contribution in [0.15, 0.2) is 27.9 Å². The molecular weight excluding hydrogens is 552 g/mol. The third-order valence-electron chi connectivity index (χ3n) is 6.88. The van der Waals surface area contributed by atoms with E-state index in [2.05, 4.69) is 15.0 Å². The number of rotatable bonds is 15. The van der Waals surface area contributed by atoms with E-state index in [-0.39, 0.29) is 49.2 Å². The summed E-state index contributed by atoms with van der Waals surface area (Å²) in [4.78, 5) is 22.9. The smallest absolute Gasteiger partial charge is 0.277 e. The van der Waals surface area contributed by atoms with Crippen molar-refractivity contribution in [3.63, 3.8) is 0 Å². The fraction of sp³-hybridized carbons (Fsp3) is 0.593. The third-order valence-corrected chi connectivity index (χ3v) is 8.78. The van der Waals surface area contributed by atoms with E-state index in [9.17, 15) is 13.2 Å². The number of aromatic amines is 1. The van der Waals surface area contributed by atoms with Crippen LogP contribution in [-0.2, 0) is 33.0 Å². The average Bonchev–Trinajstić information content (AvgIpc) is 3.28. The molecule has 13 nitrogen and oxygen atoms in total. The van der Waals surface area contributed by atoms with Crippen LogP contribution in [0.1, 0.15) is 26.0 Å². The Morgan fingerprint density at radius 3 is 2.66 bits per heavy atom. The number of H-pyrrole nitrogens is 1. The van der Waals surface area contributed by atoms with Gasteiger partial charge in [0.05, 0.1) is 55.8 Å². The van der Waals surface area contributed by atoms with Crippen LogP contribution in [0.25, 0.3) is 22.4 Å². The van der Waals surface area contributed by atoms with E-state index in [1.54, 1.807) is 13.1 Å². The minimum absolute atomic E-state index is 0.0443. The zero-order chi connectivity index (χ0) is 29.4. The highest BCUT2D eigenvalue weighted by Gasteiger charge is 2.27. The summed E-state index contributed by atoms with van der Waals surface area (Å²) in [5.41, 5.74) is 1.54. The lowest BCUT2D eigenvalue weighted by molar-refractivity contribution is 0.0348. The Hall–Kier alpha value is -2.88. The molecule has 0 spiro atoms. The van der Waals surface area contributed by atoms with Gasteiger partial charge in [0.25, 0.3) is 5.56 Å². The Balaban J connectivity index is 1.73. The molecule has 0 bridgehead atoms. The Morgan fingerprint density at radius 2 is 1.95 bits per heavy atom. The molecule has 0 radical (unpaired) electrons. The van der Waals surface area contributed by atoms with Crippen molar-refractivity contribution in [3.05, 3.63) is 34.2 Å². The number of aromatic nitrogens is 4. The summed E-state index contributed by atoms with van der Waals surface area (Å²) in [5.74, 6) is 0.612. The predicted molar refractivity (Wildman–Crippen MR) is 154 cm³/mol. The molecule has 1 saturated heterocycles. The highest BCUT2D eigenvalue weighted by Crippen LogP contribution is 2.32. The van der Waals surface area contributed by atoms with Gasteiger partial charge in [0, 0.05) is 39.8 Å². The van der Waals surface area contributed by atoms with Gasteiger partial charge in [-0.3, -0.25) is 14.4 Å². The van der Waals surface area contributed by atoms with E-state index in [1.165, 1.54) is 21.1 Å². The largest absolute Gasteiger partial charge is 0.493 e. The summed E-state index contributed by atoms with van der Waals surface area (Å²) in [6.45, 7) is 7.92. The first-order chi connectivity index (χ1) is 19.8. The molecule has 0 saturated carbocycles. The SMILES string of the molecule is CCCc1nn(C)c2c(=O)[nH]c(-c3cc(S(=O)(=O)N(CCOCCO)CCN4CCOCC4)ccc3OCC)nc12. The van der Waals surface area contributed by atoms with Crippen LogP contribution in [0.2, 0.25) is 0 Å². The number of hydrogen-bond acceptors (Lipinski definition) is 10. The molecule has 2 aromatic heterocycles. The lowest BCUT2D eigenvalue weighted by atomic mass is 10.1. The van der Waals surface area contributed by atoms with Crippen LogP contribution >= 0.6 is 0 Å². The summed E-state index contributed by atoms with van der Waals surface area (Å²) in [5, 5.41) is 13.5. The highest BCUT2D eigenvalue weighted by atomic mass is 32.2. The first kappa shape index (κ1) is 31.1. The zero-order valence-electron chi connectivity index (χ0n) is 24.0. The van der Waals surface area contributed by atoms with Crippen LogP contribution in [0.4, 0.5) is 0 Å². The maximum Gasteiger partial charge on any atom is 0.277 e. The lowest BCUT2D eigenvalue weighted by Gasteiger charge is -2.29. The number of hydrogen-bond donors (Lipinski definition) is 2.